The molecule has 1 heterocycles. The van der Waals surface area contributed by atoms with Gasteiger partial charge in [-0.1, -0.05) is 19.1 Å². The Labute approximate surface area is 146 Å². The summed E-state index contributed by atoms with van der Waals surface area (Å²) in [5.74, 6) is -0.546. The first kappa shape index (κ1) is 17.4. The molecule has 132 valence electrons. The topological polar surface area (TPSA) is 62.0 Å². The average molecular weight is 342 g/mol. The van der Waals surface area contributed by atoms with Crippen molar-refractivity contribution in [2.24, 2.45) is 0 Å². The number of rotatable bonds is 4. The second-order valence-electron chi connectivity index (χ2n) is 6.65. The molecule has 1 atom stereocenters. The van der Waals surface area contributed by atoms with Crippen LogP contribution in [0.15, 0.2) is 29.1 Å². The molecule has 0 aliphatic heterocycles. The van der Waals surface area contributed by atoms with Crippen LogP contribution in [0.1, 0.15) is 65.0 Å². The number of aryl methyl sites for hydroxylation is 2. The molecule has 0 saturated carbocycles. The number of carbonyl (C=O) groups excluding carboxylic acids is 1. The Balaban J connectivity index is 1.89. The second-order valence-corrected chi connectivity index (χ2v) is 6.65. The van der Waals surface area contributed by atoms with Gasteiger partial charge in [0.05, 0.1) is 6.04 Å². The molecule has 0 spiro atoms. The first-order valence-corrected chi connectivity index (χ1v) is 8.81. The van der Waals surface area contributed by atoms with Crippen molar-refractivity contribution in [2.75, 3.05) is 0 Å². The van der Waals surface area contributed by atoms with Crippen LogP contribution in [0, 0.1) is 12.7 Å². The van der Waals surface area contributed by atoms with Gasteiger partial charge in [-0.25, -0.2) is 4.39 Å². The first-order valence-electron chi connectivity index (χ1n) is 8.81. The Morgan fingerprint density at radius 3 is 2.76 bits per heavy atom. The number of benzene rings is 1. The lowest BCUT2D eigenvalue weighted by Crippen LogP contribution is -2.31. The fourth-order valence-corrected chi connectivity index (χ4v) is 3.43. The monoisotopic (exact) mass is 342 g/mol. The van der Waals surface area contributed by atoms with Crippen LogP contribution in [0.5, 0.6) is 0 Å². The van der Waals surface area contributed by atoms with Crippen LogP contribution in [0.2, 0.25) is 0 Å². The van der Waals surface area contributed by atoms with E-state index in [-0.39, 0.29) is 23.3 Å². The van der Waals surface area contributed by atoms with Crippen LogP contribution < -0.4 is 10.9 Å². The molecule has 0 unspecified atom stereocenters. The Bertz CT molecular complexity index is 857. The number of carbonyl (C=O) groups is 1. The van der Waals surface area contributed by atoms with Crippen molar-refractivity contribution in [2.45, 2.75) is 52.0 Å². The van der Waals surface area contributed by atoms with Gasteiger partial charge in [0.25, 0.3) is 5.91 Å². The average Bonchev–Trinajstić information content (AvgIpc) is 2.61. The van der Waals surface area contributed by atoms with Gasteiger partial charge in [0.1, 0.15) is 5.82 Å². The van der Waals surface area contributed by atoms with E-state index in [1.54, 1.807) is 13.0 Å². The third-order valence-corrected chi connectivity index (χ3v) is 4.90. The van der Waals surface area contributed by atoms with E-state index in [0.29, 0.717) is 17.5 Å². The van der Waals surface area contributed by atoms with E-state index in [2.05, 4.69) is 10.3 Å². The van der Waals surface area contributed by atoms with Gasteiger partial charge in [0.15, 0.2) is 0 Å². The van der Waals surface area contributed by atoms with Crippen molar-refractivity contribution in [1.82, 2.24) is 10.3 Å². The van der Waals surface area contributed by atoms with Gasteiger partial charge in [-0.15, -0.1) is 0 Å². The number of hydrogen-bond acceptors (Lipinski definition) is 2. The summed E-state index contributed by atoms with van der Waals surface area (Å²) in [4.78, 5) is 27.5. The number of pyridine rings is 1. The largest absolute Gasteiger partial charge is 0.345 e. The number of H-pyrrole nitrogens is 1. The maximum absolute atomic E-state index is 13.9. The van der Waals surface area contributed by atoms with Crippen molar-refractivity contribution in [3.05, 3.63) is 68.4 Å². The lowest BCUT2D eigenvalue weighted by molar-refractivity contribution is 0.0934. The zero-order valence-corrected chi connectivity index (χ0v) is 14.6. The smallest absolute Gasteiger partial charge is 0.252 e. The van der Waals surface area contributed by atoms with Crippen LogP contribution in [-0.2, 0) is 12.8 Å². The van der Waals surface area contributed by atoms with E-state index in [1.807, 2.05) is 13.0 Å². The van der Waals surface area contributed by atoms with Gasteiger partial charge < -0.3 is 10.3 Å². The van der Waals surface area contributed by atoms with Crippen LogP contribution in [0.3, 0.4) is 0 Å². The highest BCUT2D eigenvalue weighted by atomic mass is 19.1. The second kappa shape index (κ2) is 7.21. The molecule has 1 aromatic carbocycles. The molecular formula is C20H23FN2O2. The van der Waals surface area contributed by atoms with Crippen molar-refractivity contribution in [1.29, 1.82) is 0 Å². The summed E-state index contributed by atoms with van der Waals surface area (Å²) in [6.07, 6.45) is 4.27. The summed E-state index contributed by atoms with van der Waals surface area (Å²) in [6, 6.07) is 6.11. The van der Waals surface area contributed by atoms with Crippen LogP contribution >= 0.6 is 0 Å². The molecule has 1 aliphatic rings. The summed E-state index contributed by atoms with van der Waals surface area (Å²) < 4.78 is 13.9. The number of aromatic nitrogens is 1. The molecule has 4 nitrogen and oxygen atoms in total. The maximum Gasteiger partial charge on any atom is 0.252 e. The van der Waals surface area contributed by atoms with E-state index < -0.39 is 0 Å². The highest BCUT2D eigenvalue weighted by molar-refractivity contribution is 5.96. The minimum atomic E-state index is -0.291. The number of nitrogens with one attached hydrogen (secondary N) is 2. The molecule has 25 heavy (non-hydrogen) atoms. The van der Waals surface area contributed by atoms with E-state index in [9.17, 15) is 14.0 Å². The molecule has 0 saturated heterocycles. The summed E-state index contributed by atoms with van der Waals surface area (Å²) in [5.41, 5.74) is 3.32. The van der Waals surface area contributed by atoms with E-state index in [1.165, 1.54) is 12.1 Å². The molecular weight excluding hydrogens is 319 g/mol. The quantitative estimate of drug-likeness (QED) is 0.892. The third kappa shape index (κ3) is 3.65. The van der Waals surface area contributed by atoms with Crippen LogP contribution in [0.4, 0.5) is 4.39 Å². The molecule has 0 radical (unpaired) electrons. The summed E-state index contributed by atoms with van der Waals surface area (Å²) in [6.45, 7) is 3.65. The standard InChI is InChI=1S/C20H23FN2O2/c1-3-17(13-9-8-12(2)16(21)10-13)23-20(25)15-11-19(24)22-18-7-5-4-6-14(15)18/h8-11,17H,3-7H2,1-2H3,(H,22,24)(H,23,25)/t17-/m1/s1. The fraction of sp³-hybridized carbons (Fsp3) is 0.400. The minimum absolute atomic E-state index is 0.250. The van der Waals surface area contributed by atoms with Gasteiger partial charge in [0.2, 0.25) is 5.56 Å². The Kier molecular flexibility index (Phi) is 5.02. The van der Waals surface area contributed by atoms with Gasteiger partial charge in [-0.05, 0) is 61.8 Å². The number of aromatic amines is 1. The van der Waals surface area contributed by atoms with Crippen molar-refractivity contribution < 1.29 is 9.18 Å². The Hall–Kier alpha value is -2.43. The van der Waals surface area contributed by atoms with Gasteiger partial charge in [0, 0.05) is 17.3 Å². The van der Waals surface area contributed by atoms with E-state index in [0.717, 1.165) is 42.5 Å². The molecule has 0 fully saturated rings. The Morgan fingerprint density at radius 1 is 1.28 bits per heavy atom. The highest BCUT2D eigenvalue weighted by Crippen LogP contribution is 2.24. The zero-order valence-electron chi connectivity index (χ0n) is 14.6. The predicted molar refractivity (Wildman–Crippen MR) is 95.3 cm³/mol. The maximum atomic E-state index is 13.9. The molecule has 1 amide bonds. The number of hydrogen-bond donors (Lipinski definition) is 2. The molecule has 5 heteroatoms. The third-order valence-electron chi connectivity index (χ3n) is 4.90. The van der Waals surface area contributed by atoms with Gasteiger partial charge in [-0.2, -0.15) is 0 Å². The lowest BCUT2D eigenvalue weighted by Gasteiger charge is -2.21. The Morgan fingerprint density at radius 2 is 2.04 bits per heavy atom. The highest BCUT2D eigenvalue weighted by Gasteiger charge is 2.22. The van der Waals surface area contributed by atoms with Crippen molar-refractivity contribution in [3.8, 4) is 0 Å². The minimum Gasteiger partial charge on any atom is -0.345 e. The van der Waals surface area contributed by atoms with Gasteiger partial charge in [-0.3, -0.25) is 9.59 Å². The molecule has 2 N–H and O–H groups in total. The molecule has 1 aromatic heterocycles. The van der Waals surface area contributed by atoms with E-state index >= 15 is 0 Å². The number of halogens is 1. The van der Waals surface area contributed by atoms with Crippen molar-refractivity contribution in [3.63, 3.8) is 0 Å². The molecule has 2 aromatic rings. The fourth-order valence-electron chi connectivity index (χ4n) is 3.43. The van der Waals surface area contributed by atoms with Crippen molar-refractivity contribution >= 4 is 5.91 Å². The molecule has 3 rings (SSSR count). The molecule has 1 aliphatic carbocycles. The summed E-state index contributed by atoms with van der Waals surface area (Å²) in [7, 11) is 0. The zero-order chi connectivity index (χ0) is 18.0. The SMILES string of the molecule is CC[C@@H](NC(=O)c1cc(=O)[nH]c2c1CCCC2)c1ccc(C)c(F)c1. The van der Waals surface area contributed by atoms with Crippen LogP contribution in [0.25, 0.3) is 0 Å². The summed E-state index contributed by atoms with van der Waals surface area (Å²) in [5, 5.41) is 2.96. The molecule has 0 bridgehead atoms. The van der Waals surface area contributed by atoms with Gasteiger partial charge >= 0.3 is 0 Å². The summed E-state index contributed by atoms with van der Waals surface area (Å²) >= 11 is 0. The van der Waals surface area contributed by atoms with Crippen LogP contribution in [-0.4, -0.2) is 10.9 Å². The number of fused-ring (bicyclic) bond motifs is 1. The first-order chi connectivity index (χ1) is 12.0. The predicted octanol–water partition coefficient (Wildman–Crippen LogP) is 3.58. The van der Waals surface area contributed by atoms with E-state index in [4.69, 9.17) is 0 Å². The normalized spacial score (nSPS) is 14.7. The number of amides is 1. The lowest BCUT2D eigenvalue weighted by atomic mass is 9.91.